The fourth-order valence-electron chi connectivity index (χ4n) is 4.64. The van der Waals surface area contributed by atoms with Gasteiger partial charge in [0.2, 0.25) is 0 Å². The van der Waals surface area contributed by atoms with E-state index >= 15 is 0 Å². The maximum Gasteiger partial charge on any atom is 0.591 e. The molecule has 0 saturated carbocycles. The summed E-state index contributed by atoms with van der Waals surface area (Å²) in [6.45, 7) is 36.0. The number of hydrogen-bond donors (Lipinski definition) is 0. The molecule has 6 rings (SSSR count). The van der Waals surface area contributed by atoms with Gasteiger partial charge in [-0.15, -0.1) is 0 Å². The Hall–Kier alpha value is -1.21. The number of para-hydroxylation sites is 2. The lowest BCUT2D eigenvalue weighted by Gasteiger charge is -2.32. The van der Waals surface area contributed by atoms with E-state index in [0.717, 1.165) is 70.8 Å². The highest BCUT2D eigenvalue weighted by Gasteiger charge is 2.48. The van der Waals surface area contributed by atoms with E-state index in [2.05, 4.69) is 50.9 Å². The first-order chi connectivity index (χ1) is 26.2. The van der Waals surface area contributed by atoms with E-state index in [1.807, 2.05) is 85.9 Å². The van der Waals surface area contributed by atoms with Gasteiger partial charge in [0.05, 0.1) is 24.4 Å². The second-order valence-electron chi connectivity index (χ2n) is 14.9. The lowest BCUT2D eigenvalue weighted by molar-refractivity contribution is 0.00578. The zero-order valence-electron chi connectivity index (χ0n) is 37.9. The molecule has 0 atom stereocenters. The maximum absolute atomic E-state index is 5.54. The summed E-state index contributed by atoms with van der Waals surface area (Å²) in [5, 5.41) is 0. The van der Waals surface area contributed by atoms with Crippen molar-refractivity contribution in [1.29, 1.82) is 0 Å². The highest BCUT2D eigenvalue weighted by molar-refractivity contribution is 6.46. The predicted octanol–water partition coefficient (Wildman–Crippen LogP) is 6.73. The summed E-state index contributed by atoms with van der Waals surface area (Å²) in [4.78, 5) is 0. The van der Waals surface area contributed by atoms with Crippen LogP contribution in [0, 0.1) is 5.41 Å². The molecule has 0 spiro atoms. The van der Waals surface area contributed by atoms with Crippen LogP contribution in [-0.4, -0.2) is 128 Å². The van der Waals surface area contributed by atoms with Crippen LogP contribution in [0.1, 0.15) is 61.8 Å². The summed E-state index contributed by atoms with van der Waals surface area (Å²) in [7, 11) is 3.00. The first-order valence-electron chi connectivity index (χ1n) is 20.0. The summed E-state index contributed by atoms with van der Waals surface area (Å²) in [6, 6.07) is 7.66. The monoisotopic (exact) mass is 795 g/mol. The molecule has 0 amide bonds. The van der Waals surface area contributed by atoms with Crippen LogP contribution in [0.5, 0.6) is 11.5 Å². The molecule has 21 heteroatoms. The zero-order chi connectivity index (χ0) is 42.8. The molecule has 0 unspecified atom stereocenters. The molecule has 5 aliphatic rings. The Morgan fingerprint density at radius 2 is 0.929 bits per heavy atom. The first-order valence-corrected chi connectivity index (χ1v) is 20.0. The van der Waals surface area contributed by atoms with Crippen LogP contribution in [0.4, 0.5) is 0 Å². The molecule has 56 heavy (non-hydrogen) atoms. The van der Waals surface area contributed by atoms with Crippen molar-refractivity contribution in [2.75, 3.05) is 67.1 Å². The van der Waals surface area contributed by atoms with Gasteiger partial charge in [-0.3, -0.25) is 0 Å². The molecule has 4 fully saturated rings. The van der Waals surface area contributed by atoms with Crippen molar-refractivity contribution in [1.82, 2.24) is 0 Å². The van der Waals surface area contributed by atoms with Crippen molar-refractivity contribution < 1.29 is 65.2 Å². The van der Waals surface area contributed by atoms with Gasteiger partial charge in [-0.2, -0.15) is 0 Å². The van der Waals surface area contributed by atoms with Gasteiger partial charge in [0.15, 0.2) is 0 Å². The topological polar surface area (TPSA) is 129 Å². The number of benzene rings is 1. The number of fused-ring (bicyclic) bond motifs is 1. The Morgan fingerprint density at radius 3 is 1.16 bits per heavy atom. The predicted molar refractivity (Wildman–Crippen MR) is 231 cm³/mol. The van der Waals surface area contributed by atoms with Crippen LogP contribution in [0.25, 0.3) is 0 Å². The largest absolute Gasteiger partial charge is 0.591 e. The van der Waals surface area contributed by atoms with Crippen LogP contribution < -0.4 is 9.31 Å². The van der Waals surface area contributed by atoms with Gasteiger partial charge in [0.25, 0.3) is 0 Å². The van der Waals surface area contributed by atoms with Gasteiger partial charge in [0, 0.05) is 59.3 Å². The van der Waals surface area contributed by atoms with E-state index in [0.29, 0.717) is 0 Å². The van der Waals surface area contributed by atoms with E-state index in [1.165, 1.54) is 0 Å². The fourth-order valence-corrected chi connectivity index (χ4v) is 4.64. The fraction of sp³-hybridized carbons (Fsp3) is 0.829. The summed E-state index contributed by atoms with van der Waals surface area (Å²) < 4.78 is 71.6. The maximum atomic E-state index is 5.54. The third kappa shape index (κ3) is 26.0. The molecule has 0 radical (unpaired) electrons. The Balaban J connectivity index is 0.000000636. The standard InChI is InChI=1S/C7H7BO2.C7H15BO2.C6H13BO2.C5H13BO2.C4H9BO2.C3H7BO2.C3H9BO2/c1-8-9-6-4-2-3-5-7(6)10-8;1-6(2)7(3,4)10-8(5)9-6;1-6(2)4-8-7(3)9-5-6;1-4-7-6(3)8-5-2;1-5-6-3-2-4-7-5;1-4-5-2-3-6-4;1-4(5-2)6-3/h2-5H,1H3;1-5H3;4-5H2,1-3H3;4-5H2,1-3H3;2-4H2,1H3;2-3H2,1H3;1-3H3. The quantitative estimate of drug-likeness (QED) is 0.282. The second-order valence-corrected chi connectivity index (χ2v) is 14.9. The van der Waals surface area contributed by atoms with Crippen LogP contribution in [-0.2, 0) is 55.9 Å². The lowest BCUT2D eigenvalue weighted by atomic mass is 9.86. The van der Waals surface area contributed by atoms with Crippen molar-refractivity contribution in [2.24, 2.45) is 5.41 Å². The molecule has 0 bridgehead atoms. The molecule has 4 saturated heterocycles. The Bertz CT molecular complexity index is 1040. The van der Waals surface area contributed by atoms with E-state index in [9.17, 15) is 0 Å². The van der Waals surface area contributed by atoms with Crippen LogP contribution in [0.2, 0.25) is 47.8 Å². The van der Waals surface area contributed by atoms with Crippen molar-refractivity contribution in [3.8, 4) is 11.5 Å². The van der Waals surface area contributed by atoms with E-state index in [-0.39, 0.29) is 66.4 Å². The minimum absolute atomic E-state index is 0.00183. The normalized spacial score (nSPS) is 19.4. The van der Waals surface area contributed by atoms with Crippen molar-refractivity contribution in [2.45, 2.75) is 121 Å². The van der Waals surface area contributed by atoms with Crippen molar-refractivity contribution in [3.05, 3.63) is 24.3 Å². The summed E-state index contributed by atoms with van der Waals surface area (Å²) >= 11 is 0. The van der Waals surface area contributed by atoms with E-state index in [4.69, 9.17) is 55.9 Å². The average molecular weight is 794 g/mol. The highest BCUT2D eigenvalue weighted by Crippen LogP contribution is 2.36. The van der Waals surface area contributed by atoms with E-state index < -0.39 is 0 Å². The van der Waals surface area contributed by atoms with Gasteiger partial charge < -0.3 is 65.2 Å². The molecule has 14 nitrogen and oxygen atoms in total. The Morgan fingerprint density at radius 1 is 0.554 bits per heavy atom. The third-order valence-corrected chi connectivity index (χ3v) is 8.47. The van der Waals surface area contributed by atoms with Crippen molar-refractivity contribution >= 4 is 49.8 Å². The highest BCUT2D eigenvalue weighted by atomic mass is 16.7. The second kappa shape index (κ2) is 29.9. The molecule has 0 aliphatic carbocycles. The summed E-state index contributed by atoms with van der Waals surface area (Å²) in [5.41, 5.74) is -0.106. The molecule has 5 heterocycles. The van der Waals surface area contributed by atoms with Crippen LogP contribution >= 0.6 is 0 Å². The molecule has 318 valence electrons. The van der Waals surface area contributed by atoms with Crippen LogP contribution in [0.3, 0.4) is 0 Å². The van der Waals surface area contributed by atoms with Crippen LogP contribution in [0.15, 0.2) is 24.3 Å². The SMILES string of the molecule is CB1OC(C)(C)C(C)(C)O1.CB1OCC(C)(C)CO1.CB1OCCCO1.CB1OCCO1.CB1Oc2ccccc2O1.CCOB(C)OCC.COB(C)OC. The lowest BCUT2D eigenvalue weighted by Crippen LogP contribution is -2.41. The third-order valence-electron chi connectivity index (χ3n) is 8.47. The molecule has 1 aromatic carbocycles. The summed E-state index contributed by atoms with van der Waals surface area (Å²) in [6.07, 6.45) is 1.05. The van der Waals surface area contributed by atoms with Gasteiger partial charge in [0.1, 0.15) is 11.5 Å². The van der Waals surface area contributed by atoms with Gasteiger partial charge in [-0.1, -0.05) is 26.0 Å². The molecule has 1 aromatic rings. The number of rotatable bonds is 6. The molecular formula is C35H73B7O14. The number of hydrogen-bond acceptors (Lipinski definition) is 14. The smallest absolute Gasteiger partial charge is 0.523 e. The van der Waals surface area contributed by atoms with Crippen molar-refractivity contribution in [3.63, 3.8) is 0 Å². The first kappa shape index (κ1) is 54.8. The van der Waals surface area contributed by atoms with E-state index in [1.54, 1.807) is 14.2 Å². The minimum atomic E-state index is -0.160. The Kier molecular flexibility index (Phi) is 29.3. The zero-order valence-corrected chi connectivity index (χ0v) is 37.9. The molecule has 0 N–H and O–H groups in total. The Labute approximate surface area is 343 Å². The molecular weight excluding hydrogens is 720 g/mol. The van der Waals surface area contributed by atoms with Gasteiger partial charge in [-0.05, 0) is 108 Å². The van der Waals surface area contributed by atoms with Gasteiger partial charge in [-0.25, -0.2) is 0 Å². The molecule has 0 aromatic heterocycles. The summed E-state index contributed by atoms with van der Waals surface area (Å²) in [5.74, 6) is 1.69. The molecule has 5 aliphatic heterocycles. The average Bonchev–Trinajstić information content (AvgIpc) is 3.82. The minimum Gasteiger partial charge on any atom is -0.523 e. The van der Waals surface area contributed by atoms with Gasteiger partial charge >= 0.3 is 49.8 Å².